The van der Waals surface area contributed by atoms with Crippen molar-refractivity contribution in [1.29, 1.82) is 0 Å². The van der Waals surface area contributed by atoms with Crippen LogP contribution in [0.3, 0.4) is 0 Å². The zero-order valence-electron chi connectivity index (χ0n) is 11.2. The molecule has 0 aromatic heterocycles. The van der Waals surface area contributed by atoms with Gasteiger partial charge in [-0.15, -0.1) is 0 Å². The van der Waals surface area contributed by atoms with Gasteiger partial charge in [0.15, 0.2) is 0 Å². The summed E-state index contributed by atoms with van der Waals surface area (Å²) in [5.41, 5.74) is -0.403. The molecule has 0 aliphatic heterocycles. The summed E-state index contributed by atoms with van der Waals surface area (Å²) in [4.78, 5) is 24.1. The van der Waals surface area contributed by atoms with Gasteiger partial charge in [0.1, 0.15) is 17.3 Å². The Balaban J connectivity index is 2.06. The van der Waals surface area contributed by atoms with Gasteiger partial charge in [0.25, 0.3) is 0 Å². The highest BCUT2D eigenvalue weighted by atomic mass is 19.1. The highest BCUT2D eigenvalue weighted by Gasteiger charge is 2.25. The van der Waals surface area contributed by atoms with Crippen molar-refractivity contribution < 1.29 is 18.4 Å². The average molecular weight is 282 g/mol. The van der Waals surface area contributed by atoms with Crippen LogP contribution in [0.25, 0.3) is 0 Å². The Morgan fingerprint density at radius 2 is 1.90 bits per heavy atom. The summed E-state index contributed by atoms with van der Waals surface area (Å²) in [6.45, 7) is 1.16. The van der Waals surface area contributed by atoms with Gasteiger partial charge in [0, 0.05) is 25.9 Å². The van der Waals surface area contributed by atoms with Crippen molar-refractivity contribution in [2.24, 2.45) is 0 Å². The van der Waals surface area contributed by atoms with Gasteiger partial charge in [-0.25, -0.2) is 8.78 Å². The minimum absolute atomic E-state index is 0.0177. The molecule has 0 unspecified atom stereocenters. The van der Waals surface area contributed by atoms with E-state index in [0.29, 0.717) is 0 Å². The van der Waals surface area contributed by atoms with Crippen molar-refractivity contribution in [2.45, 2.75) is 32.2 Å². The van der Waals surface area contributed by atoms with Crippen molar-refractivity contribution in [3.8, 4) is 0 Å². The van der Waals surface area contributed by atoms with Gasteiger partial charge in [-0.3, -0.25) is 9.59 Å². The van der Waals surface area contributed by atoms with E-state index in [4.69, 9.17) is 0 Å². The second-order valence-corrected chi connectivity index (χ2v) is 4.83. The zero-order chi connectivity index (χ0) is 14.7. The maximum Gasteiger partial charge on any atom is 0.224 e. The molecule has 1 N–H and O–H groups in total. The monoisotopic (exact) mass is 282 g/mol. The van der Waals surface area contributed by atoms with Crippen molar-refractivity contribution in [1.82, 2.24) is 5.32 Å². The number of nitrogens with one attached hydrogen (secondary N) is 1. The third kappa shape index (κ3) is 3.53. The lowest BCUT2D eigenvalue weighted by Gasteiger charge is -2.22. The van der Waals surface area contributed by atoms with Gasteiger partial charge in [0.05, 0.1) is 0 Å². The van der Waals surface area contributed by atoms with E-state index in [2.05, 4.69) is 5.32 Å². The van der Waals surface area contributed by atoms with Crippen LogP contribution in [0.15, 0.2) is 18.2 Å². The van der Waals surface area contributed by atoms with E-state index in [-0.39, 0.29) is 24.9 Å². The van der Waals surface area contributed by atoms with E-state index < -0.39 is 23.2 Å². The topological polar surface area (TPSA) is 49.4 Å². The number of carbonyl (C=O) groups excluding carboxylic acids is 2. The number of hydrogen-bond donors (Lipinski definition) is 1. The van der Waals surface area contributed by atoms with Gasteiger partial charge >= 0.3 is 0 Å². The largest absolute Gasteiger partial charge is 0.353 e. The van der Waals surface area contributed by atoms with E-state index in [1.807, 2.05) is 0 Å². The third-order valence-electron chi connectivity index (χ3n) is 3.09. The lowest BCUT2D eigenvalue weighted by atomic mass is 10.2. The number of anilines is 1. The summed E-state index contributed by atoms with van der Waals surface area (Å²) in [6, 6.07) is 3.61. The molecule has 0 saturated heterocycles. The molecule has 1 aliphatic rings. The Hall–Kier alpha value is -1.98. The minimum atomic E-state index is -0.817. The van der Waals surface area contributed by atoms with Crippen LogP contribution < -0.4 is 10.2 Å². The van der Waals surface area contributed by atoms with Crippen molar-refractivity contribution >= 4 is 17.5 Å². The molecule has 1 aromatic rings. The summed E-state index contributed by atoms with van der Waals surface area (Å²) in [7, 11) is 0. The molecule has 0 radical (unpaired) electrons. The molecule has 1 aliphatic carbocycles. The Labute approximate surface area is 115 Å². The first-order valence-electron chi connectivity index (χ1n) is 6.50. The number of para-hydroxylation sites is 1. The molecule has 2 rings (SSSR count). The Bertz CT molecular complexity index is 510. The lowest BCUT2D eigenvalue weighted by molar-refractivity contribution is -0.121. The predicted molar refractivity (Wildman–Crippen MR) is 70.2 cm³/mol. The van der Waals surface area contributed by atoms with Crippen LogP contribution in [0.2, 0.25) is 0 Å². The first kappa shape index (κ1) is 14.4. The highest BCUT2D eigenvalue weighted by molar-refractivity contribution is 5.92. The van der Waals surface area contributed by atoms with E-state index in [0.717, 1.165) is 29.9 Å². The van der Waals surface area contributed by atoms with Crippen LogP contribution in [-0.4, -0.2) is 24.4 Å². The SMILES string of the molecule is CC(=O)N(CCC(=O)NC1CC1)c1c(F)cccc1F. The third-order valence-corrected chi connectivity index (χ3v) is 3.09. The summed E-state index contributed by atoms with van der Waals surface area (Å²) in [5.74, 6) is -2.35. The van der Waals surface area contributed by atoms with Gasteiger partial charge in [-0.05, 0) is 25.0 Å². The molecular formula is C14H16F2N2O2. The summed E-state index contributed by atoms with van der Waals surface area (Å²) in [6.07, 6.45) is 1.94. The number of benzene rings is 1. The fraction of sp³-hybridized carbons (Fsp3) is 0.429. The number of rotatable bonds is 5. The fourth-order valence-corrected chi connectivity index (χ4v) is 1.91. The summed E-state index contributed by atoms with van der Waals surface area (Å²) in [5, 5.41) is 2.76. The Morgan fingerprint density at radius 1 is 1.30 bits per heavy atom. The fourth-order valence-electron chi connectivity index (χ4n) is 1.91. The molecule has 6 heteroatoms. The molecule has 1 fully saturated rings. The first-order valence-corrected chi connectivity index (χ1v) is 6.50. The predicted octanol–water partition coefficient (Wildman–Crippen LogP) is 1.99. The quantitative estimate of drug-likeness (QED) is 0.898. The number of carbonyl (C=O) groups is 2. The van der Waals surface area contributed by atoms with Crippen LogP contribution >= 0.6 is 0 Å². The van der Waals surface area contributed by atoms with Crippen molar-refractivity contribution in [3.05, 3.63) is 29.8 Å². The normalized spacial score (nSPS) is 13.9. The number of amides is 2. The van der Waals surface area contributed by atoms with Crippen LogP contribution in [0.4, 0.5) is 14.5 Å². The molecule has 1 aromatic carbocycles. The number of nitrogens with zero attached hydrogens (tertiary/aromatic N) is 1. The Kier molecular flexibility index (Phi) is 4.32. The molecular weight excluding hydrogens is 266 g/mol. The molecule has 1 saturated carbocycles. The molecule has 0 spiro atoms. The highest BCUT2D eigenvalue weighted by Crippen LogP contribution is 2.24. The van der Waals surface area contributed by atoms with Crippen LogP contribution in [0, 0.1) is 11.6 Å². The molecule has 0 heterocycles. The molecule has 20 heavy (non-hydrogen) atoms. The van der Waals surface area contributed by atoms with E-state index in [1.165, 1.54) is 13.0 Å². The smallest absolute Gasteiger partial charge is 0.224 e. The second-order valence-electron chi connectivity index (χ2n) is 4.83. The second kappa shape index (κ2) is 5.98. The zero-order valence-corrected chi connectivity index (χ0v) is 11.2. The van der Waals surface area contributed by atoms with Crippen LogP contribution in [-0.2, 0) is 9.59 Å². The molecule has 108 valence electrons. The summed E-state index contributed by atoms with van der Waals surface area (Å²) >= 11 is 0. The first-order chi connectivity index (χ1) is 9.49. The number of hydrogen-bond acceptors (Lipinski definition) is 2. The average Bonchev–Trinajstić information content (AvgIpc) is 3.16. The van der Waals surface area contributed by atoms with E-state index >= 15 is 0 Å². The maximum absolute atomic E-state index is 13.7. The standard InChI is InChI=1S/C14H16F2N2O2/c1-9(19)18(8-7-13(20)17-10-5-6-10)14-11(15)3-2-4-12(14)16/h2-4,10H,5-8H2,1H3,(H,17,20). The van der Waals surface area contributed by atoms with Crippen LogP contribution in [0.5, 0.6) is 0 Å². The van der Waals surface area contributed by atoms with E-state index in [1.54, 1.807) is 0 Å². The van der Waals surface area contributed by atoms with Crippen molar-refractivity contribution in [3.63, 3.8) is 0 Å². The molecule has 2 amide bonds. The maximum atomic E-state index is 13.7. The minimum Gasteiger partial charge on any atom is -0.353 e. The molecule has 4 nitrogen and oxygen atoms in total. The Morgan fingerprint density at radius 3 is 2.40 bits per heavy atom. The van der Waals surface area contributed by atoms with Gasteiger partial charge in [-0.2, -0.15) is 0 Å². The number of halogens is 2. The lowest BCUT2D eigenvalue weighted by Crippen LogP contribution is -2.35. The van der Waals surface area contributed by atoms with Gasteiger partial charge in [-0.1, -0.05) is 6.07 Å². The van der Waals surface area contributed by atoms with Gasteiger partial charge in [0.2, 0.25) is 11.8 Å². The van der Waals surface area contributed by atoms with Gasteiger partial charge < -0.3 is 10.2 Å². The molecule has 0 bridgehead atoms. The van der Waals surface area contributed by atoms with Crippen LogP contribution in [0.1, 0.15) is 26.2 Å². The summed E-state index contributed by atoms with van der Waals surface area (Å²) < 4.78 is 27.3. The van der Waals surface area contributed by atoms with Crippen molar-refractivity contribution in [2.75, 3.05) is 11.4 Å². The molecule has 0 atom stereocenters. The van der Waals surface area contributed by atoms with E-state index in [9.17, 15) is 18.4 Å².